The minimum absolute atomic E-state index is 0.0428. The lowest BCUT2D eigenvalue weighted by atomic mass is 9.76. The van der Waals surface area contributed by atoms with E-state index in [1.807, 2.05) is 6.07 Å². The number of hydrogen-bond acceptors (Lipinski definition) is 0. The van der Waals surface area contributed by atoms with Crippen LogP contribution in [0.2, 0.25) is 0 Å². The predicted octanol–water partition coefficient (Wildman–Crippen LogP) is 5.52. The first-order valence-electron chi connectivity index (χ1n) is 6.85. The van der Waals surface area contributed by atoms with Gasteiger partial charge in [0.25, 0.3) is 0 Å². The van der Waals surface area contributed by atoms with Crippen LogP contribution in [-0.2, 0) is 6.42 Å². The van der Waals surface area contributed by atoms with Crippen molar-refractivity contribution in [2.45, 2.75) is 39.5 Å². The Morgan fingerprint density at radius 2 is 1.56 bits per heavy atom. The van der Waals surface area contributed by atoms with Crippen molar-refractivity contribution in [3.63, 3.8) is 0 Å². The van der Waals surface area contributed by atoms with E-state index in [0.717, 1.165) is 18.8 Å². The molecule has 2 heteroatoms. The van der Waals surface area contributed by atoms with Crippen LogP contribution >= 0.6 is 23.2 Å². The van der Waals surface area contributed by atoms with Gasteiger partial charge in [-0.25, -0.2) is 0 Å². The highest BCUT2D eigenvalue weighted by Crippen LogP contribution is 2.35. The average Bonchev–Trinajstić information content (AvgIpc) is 2.44. The van der Waals surface area contributed by atoms with Crippen molar-refractivity contribution in [1.82, 2.24) is 0 Å². The lowest BCUT2D eigenvalue weighted by Crippen LogP contribution is -2.31. The topological polar surface area (TPSA) is 0 Å². The molecule has 0 aromatic heterocycles. The molecule has 0 saturated heterocycles. The molecular weight excluding hydrogens is 263 g/mol. The smallest absolute Gasteiger partial charge is 0.0294 e. The fourth-order valence-electron chi connectivity index (χ4n) is 2.53. The van der Waals surface area contributed by atoms with Crippen LogP contribution in [0.4, 0.5) is 0 Å². The second-order valence-electron chi connectivity index (χ2n) is 5.32. The van der Waals surface area contributed by atoms with Gasteiger partial charge in [0.1, 0.15) is 0 Å². The van der Waals surface area contributed by atoms with E-state index in [0.29, 0.717) is 11.8 Å². The van der Waals surface area contributed by atoms with Gasteiger partial charge in [-0.15, -0.1) is 23.2 Å². The molecule has 0 saturated carbocycles. The Kier molecular flexibility index (Phi) is 7.11. The quantitative estimate of drug-likeness (QED) is 0.552. The molecule has 0 aliphatic heterocycles. The Hall–Kier alpha value is -0.200. The molecule has 0 unspecified atom stereocenters. The van der Waals surface area contributed by atoms with Crippen LogP contribution in [0.5, 0.6) is 0 Å². The fourth-order valence-corrected chi connectivity index (χ4v) is 3.22. The Balaban J connectivity index is 2.79. The van der Waals surface area contributed by atoms with Crippen molar-refractivity contribution < 1.29 is 0 Å². The molecule has 0 N–H and O–H groups in total. The maximum atomic E-state index is 6.25. The van der Waals surface area contributed by atoms with Gasteiger partial charge in [0, 0.05) is 17.2 Å². The van der Waals surface area contributed by atoms with E-state index in [1.54, 1.807) is 0 Å². The molecule has 1 rings (SSSR count). The molecule has 0 spiro atoms. The van der Waals surface area contributed by atoms with Gasteiger partial charge in [-0.1, -0.05) is 57.0 Å². The number of benzene rings is 1. The summed E-state index contributed by atoms with van der Waals surface area (Å²) in [5.41, 5.74) is 1.38. The third kappa shape index (κ3) is 4.48. The van der Waals surface area contributed by atoms with Gasteiger partial charge in [-0.2, -0.15) is 0 Å². The summed E-state index contributed by atoms with van der Waals surface area (Å²) in [5.74, 6) is 2.01. The second-order valence-corrected chi connectivity index (χ2v) is 5.85. The molecule has 0 amide bonds. The summed E-state index contributed by atoms with van der Waals surface area (Å²) < 4.78 is 0. The van der Waals surface area contributed by atoms with E-state index in [4.69, 9.17) is 23.2 Å². The van der Waals surface area contributed by atoms with Crippen LogP contribution < -0.4 is 0 Å². The van der Waals surface area contributed by atoms with Crippen LogP contribution in [0, 0.1) is 11.3 Å². The van der Waals surface area contributed by atoms with Crippen molar-refractivity contribution in [3.8, 4) is 0 Å². The molecule has 0 radical (unpaired) electrons. The van der Waals surface area contributed by atoms with E-state index in [9.17, 15) is 0 Å². The van der Waals surface area contributed by atoms with Crippen molar-refractivity contribution in [3.05, 3.63) is 35.9 Å². The Labute approximate surface area is 122 Å². The number of hydrogen-bond donors (Lipinski definition) is 0. The fraction of sp³-hybridized carbons (Fsp3) is 0.625. The monoisotopic (exact) mass is 286 g/mol. The zero-order valence-electron chi connectivity index (χ0n) is 11.5. The number of halogens is 2. The molecule has 1 aromatic carbocycles. The van der Waals surface area contributed by atoms with Crippen molar-refractivity contribution in [1.29, 1.82) is 0 Å². The Morgan fingerprint density at radius 3 is 2.00 bits per heavy atom. The summed E-state index contributed by atoms with van der Waals surface area (Å²) in [6.45, 7) is 4.51. The standard InChI is InChI=1S/C16H24Cl2/c1-3-14(4-2)10-16(12-17,13-18)11-15-8-6-5-7-9-15/h5-9,14H,3-4,10-13H2,1-2H3. The number of rotatable bonds is 8. The third-order valence-electron chi connectivity index (χ3n) is 3.87. The Morgan fingerprint density at radius 1 is 1.00 bits per heavy atom. The maximum absolute atomic E-state index is 6.25. The highest BCUT2D eigenvalue weighted by Gasteiger charge is 2.31. The first-order valence-corrected chi connectivity index (χ1v) is 7.92. The first-order chi connectivity index (χ1) is 8.69. The third-order valence-corrected chi connectivity index (χ3v) is 5.00. The number of alkyl halides is 2. The normalized spacial score (nSPS) is 12.1. The summed E-state index contributed by atoms with van der Waals surface area (Å²) >= 11 is 12.5. The zero-order valence-corrected chi connectivity index (χ0v) is 13.0. The largest absolute Gasteiger partial charge is 0.126 e. The summed E-state index contributed by atoms with van der Waals surface area (Å²) in [6, 6.07) is 10.5. The van der Waals surface area contributed by atoms with Crippen LogP contribution in [0.3, 0.4) is 0 Å². The van der Waals surface area contributed by atoms with Gasteiger partial charge >= 0.3 is 0 Å². The van der Waals surface area contributed by atoms with Crippen LogP contribution in [0.15, 0.2) is 30.3 Å². The van der Waals surface area contributed by atoms with Crippen LogP contribution in [-0.4, -0.2) is 11.8 Å². The molecule has 0 bridgehead atoms. The lowest BCUT2D eigenvalue weighted by Gasteiger charge is -2.33. The molecule has 18 heavy (non-hydrogen) atoms. The van der Waals surface area contributed by atoms with Crippen molar-refractivity contribution >= 4 is 23.2 Å². The van der Waals surface area contributed by atoms with Gasteiger partial charge in [-0.05, 0) is 24.3 Å². The average molecular weight is 287 g/mol. The van der Waals surface area contributed by atoms with Gasteiger partial charge in [-0.3, -0.25) is 0 Å². The van der Waals surface area contributed by atoms with Crippen molar-refractivity contribution in [2.75, 3.05) is 11.8 Å². The van der Waals surface area contributed by atoms with Crippen LogP contribution in [0.1, 0.15) is 38.7 Å². The van der Waals surface area contributed by atoms with E-state index < -0.39 is 0 Å². The van der Waals surface area contributed by atoms with Crippen LogP contribution in [0.25, 0.3) is 0 Å². The van der Waals surface area contributed by atoms with E-state index in [-0.39, 0.29) is 5.41 Å². The SMILES string of the molecule is CCC(CC)CC(CCl)(CCl)Cc1ccccc1. The molecule has 1 aromatic rings. The zero-order chi connectivity index (χ0) is 13.4. The highest BCUT2D eigenvalue weighted by atomic mass is 35.5. The Bertz CT molecular complexity index is 313. The molecule has 0 nitrogen and oxygen atoms in total. The minimum atomic E-state index is 0.0428. The molecule has 0 fully saturated rings. The molecule has 102 valence electrons. The second kappa shape index (κ2) is 8.07. The van der Waals surface area contributed by atoms with E-state index in [1.165, 1.54) is 18.4 Å². The van der Waals surface area contributed by atoms with Gasteiger partial charge in [0.05, 0.1) is 0 Å². The maximum Gasteiger partial charge on any atom is 0.0294 e. The summed E-state index contributed by atoms with van der Waals surface area (Å²) in [7, 11) is 0. The van der Waals surface area contributed by atoms with E-state index in [2.05, 4.69) is 38.1 Å². The van der Waals surface area contributed by atoms with Gasteiger partial charge in [0.15, 0.2) is 0 Å². The summed E-state index contributed by atoms with van der Waals surface area (Å²) in [5, 5.41) is 0. The van der Waals surface area contributed by atoms with Gasteiger partial charge in [0.2, 0.25) is 0 Å². The lowest BCUT2D eigenvalue weighted by molar-refractivity contribution is 0.263. The summed E-state index contributed by atoms with van der Waals surface area (Å²) in [6.07, 6.45) is 4.53. The highest BCUT2D eigenvalue weighted by molar-refractivity contribution is 6.21. The predicted molar refractivity (Wildman–Crippen MR) is 82.7 cm³/mol. The molecule has 0 heterocycles. The molecule has 0 aliphatic carbocycles. The first kappa shape index (κ1) is 15.9. The molecular formula is C16H24Cl2. The minimum Gasteiger partial charge on any atom is -0.126 e. The summed E-state index contributed by atoms with van der Waals surface area (Å²) in [4.78, 5) is 0. The molecule has 0 aliphatic rings. The molecule has 0 atom stereocenters. The van der Waals surface area contributed by atoms with Crippen molar-refractivity contribution in [2.24, 2.45) is 11.3 Å². The van der Waals surface area contributed by atoms with E-state index >= 15 is 0 Å². The van der Waals surface area contributed by atoms with Gasteiger partial charge < -0.3 is 0 Å².